The lowest BCUT2D eigenvalue weighted by molar-refractivity contribution is 0.0255. The summed E-state index contributed by atoms with van der Waals surface area (Å²) >= 11 is 0. The number of nitrogens with two attached hydrogens (primary N) is 1. The van der Waals surface area contributed by atoms with Gasteiger partial charge < -0.3 is 15.8 Å². The van der Waals surface area contributed by atoms with Crippen LogP contribution in [0.1, 0.15) is 11.8 Å². The van der Waals surface area contributed by atoms with E-state index in [4.69, 9.17) is 10.5 Å². The fraction of sp³-hybridized carbons (Fsp3) is 0.444. The quantitative estimate of drug-likeness (QED) is 0.652. The fourth-order valence-electron chi connectivity index (χ4n) is 1.44. The van der Waals surface area contributed by atoms with Crippen LogP contribution >= 0.6 is 0 Å². The van der Waals surface area contributed by atoms with Crippen molar-refractivity contribution in [2.75, 3.05) is 25.4 Å². The summed E-state index contributed by atoms with van der Waals surface area (Å²) in [6.45, 7) is 2.42. The monoisotopic (exact) mass is 179 g/mol. The molecule has 1 unspecified atom stereocenters. The third kappa shape index (κ3) is 1.79. The summed E-state index contributed by atoms with van der Waals surface area (Å²) in [7, 11) is 0. The van der Waals surface area contributed by atoms with Crippen molar-refractivity contribution in [1.82, 2.24) is 10.3 Å². The number of ether oxygens (including phenoxy) is 1. The minimum absolute atomic E-state index is 0.00921. The second-order valence-electron chi connectivity index (χ2n) is 3.04. The van der Waals surface area contributed by atoms with Gasteiger partial charge in [-0.15, -0.1) is 0 Å². The third-order valence-corrected chi connectivity index (χ3v) is 2.10. The molecule has 1 aromatic heterocycles. The molecule has 1 aromatic rings. The Bertz CT molecular complexity index is 284. The number of nitrogens with zero attached hydrogens (tertiary/aromatic N) is 1. The first-order valence-corrected chi connectivity index (χ1v) is 4.40. The summed E-state index contributed by atoms with van der Waals surface area (Å²) in [5.41, 5.74) is 7.33. The fourth-order valence-corrected chi connectivity index (χ4v) is 1.44. The largest absolute Gasteiger partial charge is 0.397 e. The maximum Gasteiger partial charge on any atom is 0.114 e. The normalized spacial score (nSPS) is 22.9. The molecule has 4 heteroatoms. The highest BCUT2D eigenvalue weighted by atomic mass is 16.5. The lowest BCUT2D eigenvalue weighted by Crippen LogP contribution is -2.34. The van der Waals surface area contributed by atoms with Crippen LogP contribution in [0, 0.1) is 0 Å². The molecule has 1 aliphatic heterocycles. The van der Waals surface area contributed by atoms with E-state index < -0.39 is 0 Å². The summed E-state index contributed by atoms with van der Waals surface area (Å²) in [5, 5.41) is 3.24. The molecule has 0 radical (unpaired) electrons. The van der Waals surface area contributed by atoms with E-state index in [1.54, 1.807) is 6.20 Å². The number of rotatable bonds is 1. The molecule has 0 amide bonds. The molecule has 4 nitrogen and oxygen atoms in total. The highest BCUT2D eigenvalue weighted by Gasteiger charge is 2.18. The standard InChI is InChI=1S/C9H13N3O/c10-7-2-1-3-12-9(7)8-6-11-4-5-13-8/h1-3,8,11H,4-6,10H2. The van der Waals surface area contributed by atoms with E-state index in [2.05, 4.69) is 10.3 Å². The zero-order valence-electron chi connectivity index (χ0n) is 7.36. The minimum atomic E-state index is 0.00921. The van der Waals surface area contributed by atoms with Gasteiger partial charge in [0.1, 0.15) is 6.10 Å². The second-order valence-corrected chi connectivity index (χ2v) is 3.04. The van der Waals surface area contributed by atoms with Crippen LogP contribution in [0.2, 0.25) is 0 Å². The van der Waals surface area contributed by atoms with E-state index in [0.29, 0.717) is 5.69 Å². The Balaban J connectivity index is 2.18. The van der Waals surface area contributed by atoms with Gasteiger partial charge in [0, 0.05) is 19.3 Å². The van der Waals surface area contributed by atoms with Crippen LogP contribution in [0.4, 0.5) is 5.69 Å². The van der Waals surface area contributed by atoms with Gasteiger partial charge in [-0.25, -0.2) is 0 Å². The number of nitrogens with one attached hydrogen (secondary N) is 1. The van der Waals surface area contributed by atoms with Crippen molar-refractivity contribution in [3.8, 4) is 0 Å². The average molecular weight is 179 g/mol. The van der Waals surface area contributed by atoms with E-state index in [1.165, 1.54) is 0 Å². The molecule has 0 aromatic carbocycles. The molecule has 0 spiro atoms. The molecule has 1 saturated heterocycles. The van der Waals surface area contributed by atoms with Gasteiger partial charge in [-0.2, -0.15) is 0 Å². The summed E-state index contributed by atoms with van der Waals surface area (Å²) in [5.74, 6) is 0. The minimum Gasteiger partial charge on any atom is -0.397 e. The van der Waals surface area contributed by atoms with Crippen LogP contribution < -0.4 is 11.1 Å². The predicted octanol–water partition coefficient (Wildman–Crippen LogP) is 0.325. The van der Waals surface area contributed by atoms with Crippen molar-refractivity contribution in [2.45, 2.75) is 6.10 Å². The first-order chi connectivity index (χ1) is 6.38. The Morgan fingerprint density at radius 3 is 3.23 bits per heavy atom. The molecule has 0 aliphatic carbocycles. The molecule has 1 atom stereocenters. The summed E-state index contributed by atoms with van der Waals surface area (Å²) in [6, 6.07) is 3.68. The molecule has 13 heavy (non-hydrogen) atoms. The van der Waals surface area contributed by atoms with E-state index in [9.17, 15) is 0 Å². The van der Waals surface area contributed by atoms with Crippen molar-refractivity contribution in [3.63, 3.8) is 0 Å². The smallest absolute Gasteiger partial charge is 0.114 e. The predicted molar refractivity (Wildman–Crippen MR) is 50.2 cm³/mol. The second kappa shape index (κ2) is 3.72. The Morgan fingerprint density at radius 2 is 2.54 bits per heavy atom. The number of hydrogen-bond acceptors (Lipinski definition) is 4. The van der Waals surface area contributed by atoms with Gasteiger partial charge in [0.25, 0.3) is 0 Å². The molecule has 0 bridgehead atoms. The van der Waals surface area contributed by atoms with Crippen molar-refractivity contribution >= 4 is 5.69 Å². The molecule has 2 rings (SSSR count). The molecular weight excluding hydrogens is 166 g/mol. The molecule has 70 valence electrons. The highest BCUT2D eigenvalue weighted by Crippen LogP contribution is 2.21. The SMILES string of the molecule is Nc1cccnc1C1CNCCO1. The van der Waals surface area contributed by atoms with Gasteiger partial charge in [-0.1, -0.05) is 0 Å². The molecule has 1 aliphatic rings. The number of morpholine rings is 1. The molecule has 1 fully saturated rings. The van der Waals surface area contributed by atoms with Crippen molar-refractivity contribution in [2.24, 2.45) is 0 Å². The zero-order valence-corrected chi connectivity index (χ0v) is 7.36. The molecule has 0 saturated carbocycles. The Hall–Kier alpha value is -1.13. The Kier molecular flexibility index (Phi) is 2.42. The van der Waals surface area contributed by atoms with Crippen LogP contribution in [0.5, 0.6) is 0 Å². The summed E-state index contributed by atoms with van der Waals surface area (Å²) in [4.78, 5) is 4.21. The number of aromatic nitrogens is 1. The van der Waals surface area contributed by atoms with Gasteiger partial charge in [0.05, 0.1) is 18.0 Å². The van der Waals surface area contributed by atoms with E-state index in [1.807, 2.05) is 12.1 Å². The first kappa shape index (κ1) is 8.47. The Labute approximate surface area is 77.1 Å². The highest BCUT2D eigenvalue weighted by molar-refractivity contribution is 5.43. The third-order valence-electron chi connectivity index (χ3n) is 2.10. The van der Waals surface area contributed by atoms with Crippen molar-refractivity contribution < 1.29 is 4.74 Å². The van der Waals surface area contributed by atoms with Gasteiger partial charge in [0.15, 0.2) is 0 Å². The van der Waals surface area contributed by atoms with Gasteiger partial charge in [-0.3, -0.25) is 4.98 Å². The average Bonchev–Trinajstić information content (AvgIpc) is 2.20. The zero-order chi connectivity index (χ0) is 9.10. The van der Waals surface area contributed by atoms with Crippen LogP contribution in [0.25, 0.3) is 0 Å². The lowest BCUT2D eigenvalue weighted by Gasteiger charge is -2.23. The van der Waals surface area contributed by atoms with Crippen molar-refractivity contribution in [3.05, 3.63) is 24.0 Å². The van der Waals surface area contributed by atoms with Gasteiger partial charge in [0.2, 0.25) is 0 Å². The van der Waals surface area contributed by atoms with E-state index in [0.717, 1.165) is 25.4 Å². The number of hydrogen-bond donors (Lipinski definition) is 2. The van der Waals surface area contributed by atoms with Crippen LogP contribution in [0.15, 0.2) is 18.3 Å². The van der Waals surface area contributed by atoms with Crippen LogP contribution in [0.3, 0.4) is 0 Å². The van der Waals surface area contributed by atoms with Gasteiger partial charge >= 0.3 is 0 Å². The molecule has 2 heterocycles. The molecular formula is C9H13N3O. The van der Waals surface area contributed by atoms with E-state index in [-0.39, 0.29) is 6.10 Å². The summed E-state index contributed by atoms with van der Waals surface area (Å²) in [6.07, 6.45) is 1.75. The number of nitrogen functional groups attached to an aromatic ring is 1. The van der Waals surface area contributed by atoms with Crippen LogP contribution in [-0.4, -0.2) is 24.7 Å². The van der Waals surface area contributed by atoms with Crippen molar-refractivity contribution in [1.29, 1.82) is 0 Å². The summed E-state index contributed by atoms with van der Waals surface area (Å²) < 4.78 is 5.54. The van der Waals surface area contributed by atoms with Gasteiger partial charge in [-0.05, 0) is 12.1 Å². The maximum absolute atomic E-state index is 5.78. The first-order valence-electron chi connectivity index (χ1n) is 4.40. The lowest BCUT2D eigenvalue weighted by atomic mass is 10.2. The number of pyridine rings is 1. The topological polar surface area (TPSA) is 60.2 Å². The maximum atomic E-state index is 5.78. The Morgan fingerprint density at radius 1 is 1.62 bits per heavy atom. The molecule has 3 N–H and O–H groups in total. The van der Waals surface area contributed by atoms with E-state index >= 15 is 0 Å². The number of anilines is 1. The van der Waals surface area contributed by atoms with Crippen LogP contribution in [-0.2, 0) is 4.74 Å².